The maximum atomic E-state index is 12.1. The van der Waals surface area contributed by atoms with E-state index in [-0.39, 0.29) is 33.6 Å². The first-order valence-electron chi connectivity index (χ1n) is 9.08. The normalized spacial score (nSPS) is 13.4. The molecule has 1 heterocycles. The van der Waals surface area contributed by atoms with Crippen molar-refractivity contribution in [2.24, 2.45) is 0 Å². The summed E-state index contributed by atoms with van der Waals surface area (Å²) >= 11 is 11.2. The summed E-state index contributed by atoms with van der Waals surface area (Å²) in [5.74, 6) is -1.63. The van der Waals surface area contributed by atoms with Gasteiger partial charge in [-0.15, -0.1) is 0 Å². The van der Waals surface area contributed by atoms with E-state index in [1.165, 1.54) is 24.3 Å². The van der Waals surface area contributed by atoms with Crippen LogP contribution in [0.1, 0.15) is 28.4 Å². The zero-order valence-electron chi connectivity index (χ0n) is 16.2. The van der Waals surface area contributed by atoms with Crippen LogP contribution < -0.4 is 20.1 Å². The Morgan fingerprint density at radius 3 is 2.35 bits per heavy atom. The fourth-order valence-corrected chi connectivity index (χ4v) is 3.21. The smallest absolute Gasteiger partial charge is 0.335 e. The molecule has 0 radical (unpaired) electrons. The zero-order valence-corrected chi connectivity index (χ0v) is 17.8. The molecule has 1 aliphatic rings. The lowest BCUT2D eigenvalue weighted by Crippen LogP contribution is -2.51. The molecular weight excluding hydrogens is 444 g/mol. The molecule has 0 aliphatic carbocycles. The largest absolute Gasteiger partial charge is 0.490 e. The molecule has 2 amide bonds. The Bertz CT molecular complexity index is 1080. The topological polar surface area (TPSA) is 114 Å². The minimum Gasteiger partial charge on any atom is -0.490 e. The predicted octanol–water partition coefficient (Wildman–Crippen LogP) is 2.93. The molecule has 0 unspecified atom stereocenters. The molecule has 0 saturated carbocycles. The van der Waals surface area contributed by atoms with Crippen LogP contribution in [-0.2, 0) is 16.2 Å². The lowest BCUT2D eigenvalue weighted by atomic mass is 10.1. The molecule has 3 rings (SSSR count). The summed E-state index contributed by atoms with van der Waals surface area (Å²) in [5.41, 5.74) is 1.24. The van der Waals surface area contributed by atoms with Gasteiger partial charge in [0.25, 0.3) is 11.8 Å². The summed E-state index contributed by atoms with van der Waals surface area (Å²) < 4.78 is 11.4. The number of rotatable bonds is 7. The number of carboxylic acid groups (broad SMARTS) is 1. The molecule has 0 spiro atoms. The number of carbonyl (C=O) groups excluding carboxylic acids is 2. The molecule has 2 aromatic carbocycles. The van der Waals surface area contributed by atoms with Crippen molar-refractivity contribution < 1.29 is 29.0 Å². The van der Waals surface area contributed by atoms with Gasteiger partial charge >= 0.3 is 5.97 Å². The van der Waals surface area contributed by atoms with Gasteiger partial charge in [-0.2, -0.15) is 0 Å². The van der Waals surface area contributed by atoms with Gasteiger partial charge in [0.05, 0.1) is 17.2 Å². The molecule has 0 atom stereocenters. The van der Waals surface area contributed by atoms with Crippen LogP contribution in [0.15, 0.2) is 42.0 Å². The van der Waals surface area contributed by atoms with Crippen LogP contribution in [0.5, 0.6) is 11.5 Å². The van der Waals surface area contributed by atoms with E-state index in [9.17, 15) is 14.4 Å². The fourth-order valence-electron chi connectivity index (χ4n) is 2.75. The molecule has 1 aliphatic heterocycles. The van der Waals surface area contributed by atoms with Crippen molar-refractivity contribution in [3.05, 3.63) is 63.7 Å². The van der Waals surface area contributed by atoms with Crippen molar-refractivity contribution in [1.29, 1.82) is 0 Å². The molecule has 10 heteroatoms. The number of hydrogen-bond donors (Lipinski definition) is 3. The number of nitrogens with one attached hydrogen (secondary N) is 2. The summed E-state index contributed by atoms with van der Waals surface area (Å²) in [6.45, 7) is 2.24. The molecule has 31 heavy (non-hydrogen) atoms. The van der Waals surface area contributed by atoms with E-state index in [2.05, 4.69) is 10.6 Å². The van der Waals surface area contributed by atoms with Gasteiger partial charge in [0, 0.05) is 0 Å². The van der Waals surface area contributed by atoms with E-state index in [4.69, 9.17) is 38.4 Å². The average Bonchev–Trinajstić information content (AvgIpc) is 2.70. The molecule has 1 saturated heterocycles. The van der Waals surface area contributed by atoms with Gasteiger partial charge in [0.2, 0.25) is 0 Å². The third-order valence-electron chi connectivity index (χ3n) is 4.17. The van der Waals surface area contributed by atoms with Gasteiger partial charge < -0.3 is 14.6 Å². The van der Waals surface area contributed by atoms with Crippen LogP contribution in [0.25, 0.3) is 6.08 Å². The number of ether oxygens (including phenoxy) is 2. The van der Waals surface area contributed by atoms with Crippen molar-refractivity contribution in [2.75, 3.05) is 6.61 Å². The number of halogens is 1. The number of benzene rings is 2. The van der Waals surface area contributed by atoms with Crippen LogP contribution >= 0.6 is 23.8 Å². The Labute approximate surface area is 187 Å². The van der Waals surface area contributed by atoms with E-state index >= 15 is 0 Å². The van der Waals surface area contributed by atoms with Gasteiger partial charge in [0.1, 0.15) is 12.2 Å². The molecule has 1 fully saturated rings. The van der Waals surface area contributed by atoms with E-state index < -0.39 is 17.8 Å². The lowest BCUT2D eigenvalue weighted by Gasteiger charge is -2.17. The van der Waals surface area contributed by atoms with Gasteiger partial charge in [-0.3, -0.25) is 20.2 Å². The predicted molar refractivity (Wildman–Crippen MR) is 117 cm³/mol. The highest BCUT2D eigenvalue weighted by molar-refractivity contribution is 7.80. The number of hydrogen-bond acceptors (Lipinski definition) is 6. The number of thiocarbonyl (C=S) groups is 1. The van der Waals surface area contributed by atoms with E-state index in [0.717, 1.165) is 5.56 Å². The highest BCUT2D eigenvalue weighted by atomic mass is 35.5. The molecule has 0 bridgehead atoms. The van der Waals surface area contributed by atoms with Gasteiger partial charge in [-0.1, -0.05) is 23.7 Å². The molecule has 3 N–H and O–H groups in total. The maximum absolute atomic E-state index is 12.1. The first kappa shape index (κ1) is 22.3. The summed E-state index contributed by atoms with van der Waals surface area (Å²) in [7, 11) is 0. The minimum atomic E-state index is -1.01. The number of amides is 2. The Morgan fingerprint density at radius 2 is 1.77 bits per heavy atom. The molecule has 0 aromatic heterocycles. The van der Waals surface area contributed by atoms with Crippen molar-refractivity contribution in [2.45, 2.75) is 13.5 Å². The Morgan fingerprint density at radius 1 is 1.13 bits per heavy atom. The van der Waals surface area contributed by atoms with Gasteiger partial charge in [-0.05, 0) is 60.6 Å². The second kappa shape index (κ2) is 9.59. The summed E-state index contributed by atoms with van der Waals surface area (Å²) in [5, 5.41) is 13.9. The Kier molecular flexibility index (Phi) is 6.88. The summed E-state index contributed by atoms with van der Waals surface area (Å²) in [6, 6.07) is 9.37. The number of aromatic carboxylic acids is 1. The monoisotopic (exact) mass is 460 g/mol. The van der Waals surface area contributed by atoms with Crippen molar-refractivity contribution in [3.63, 3.8) is 0 Å². The van der Waals surface area contributed by atoms with Crippen LogP contribution in [0.4, 0.5) is 0 Å². The summed E-state index contributed by atoms with van der Waals surface area (Å²) in [4.78, 5) is 35.1. The zero-order chi connectivity index (χ0) is 22.5. The molecular formula is C21H17ClN2O6S. The third-order valence-corrected chi connectivity index (χ3v) is 4.66. The second-order valence-corrected chi connectivity index (χ2v) is 7.16. The quantitative estimate of drug-likeness (QED) is 0.330. The molecule has 2 aromatic rings. The molecule has 160 valence electrons. The minimum absolute atomic E-state index is 0.0553. The van der Waals surface area contributed by atoms with Crippen molar-refractivity contribution >= 4 is 52.8 Å². The lowest BCUT2D eigenvalue weighted by molar-refractivity contribution is -0.123. The SMILES string of the molecule is CCOc1cc(C=C2C(=O)NC(=S)NC2=O)cc(Cl)c1OCc1ccc(C(=O)O)cc1. The van der Waals surface area contributed by atoms with E-state index in [1.807, 2.05) is 0 Å². The van der Waals surface area contributed by atoms with E-state index in [1.54, 1.807) is 25.1 Å². The maximum Gasteiger partial charge on any atom is 0.335 e. The van der Waals surface area contributed by atoms with E-state index in [0.29, 0.717) is 17.9 Å². The van der Waals surface area contributed by atoms with Crippen molar-refractivity contribution in [3.8, 4) is 11.5 Å². The first-order valence-corrected chi connectivity index (χ1v) is 9.86. The Balaban J connectivity index is 1.85. The first-order chi connectivity index (χ1) is 14.8. The van der Waals surface area contributed by atoms with Crippen LogP contribution in [0.3, 0.4) is 0 Å². The number of carbonyl (C=O) groups is 3. The summed E-state index contributed by atoms with van der Waals surface area (Å²) in [6.07, 6.45) is 1.37. The highest BCUT2D eigenvalue weighted by Gasteiger charge is 2.26. The Hall–Kier alpha value is -3.43. The average molecular weight is 461 g/mol. The van der Waals surface area contributed by atoms with Crippen LogP contribution in [0, 0.1) is 0 Å². The standard InChI is InChI=1S/C21H17ClN2O6S/c1-2-29-16-9-12(7-14-18(25)23-21(31)24-19(14)26)8-15(22)17(16)30-10-11-3-5-13(6-4-11)20(27)28/h3-9H,2,10H2,1H3,(H,27,28)(H2,23,24,25,26,31). The van der Waals surface area contributed by atoms with Gasteiger partial charge in [-0.25, -0.2) is 4.79 Å². The van der Waals surface area contributed by atoms with Crippen LogP contribution in [-0.4, -0.2) is 34.6 Å². The number of carboxylic acids is 1. The second-order valence-electron chi connectivity index (χ2n) is 6.35. The van der Waals surface area contributed by atoms with Gasteiger partial charge in [0.15, 0.2) is 16.6 Å². The third kappa shape index (κ3) is 5.39. The van der Waals surface area contributed by atoms with Crippen molar-refractivity contribution in [1.82, 2.24) is 10.6 Å². The van der Waals surface area contributed by atoms with Crippen LogP contribution in [0.2, 0.25) is 5.02 Å². The highest BCUT2D eigenvalue weighted by Crippen LogP contribution is 2.38. The fraction of sp³-hybridized carbons (Fsp3) is 0.143. The molecule has 8 nitrogen and oxygen atoms in total.